The van der Waals surface area contributed by atoms with Gasteiger partial charge in [0.15, 0.2) is 4.80 Å². The number of nitro benzene ring substituents is 1. The zero-order valence-electron chi connectivity index (χ0n) is 24.4. The Morgan fingerprint density at radius 3 is 2.53 bits per heavy atom. The predicted octanol–water partition coefficient (Wildman–Crippen LogP) is 5.61. The fourth-order valence-electron chi connectivity index (χ4n) is 4.79. The van der Waals surface area contributed by atoms with Crippen molar-refractivity contribution in [3.05, 3.63) is 142 Å². The van der Waals surface area contributed by atoms with E-state index in [2.05, 4.69) is 27.5 Å². The Balaban J connectivity index is 1.56. The molecular weight excluding hydrogens is 662 g/mol. The lowest BCUT2D eigenvalue weighted by Gasteiger charge is -2.24. The maximum absolute atomic E-state index is 14.1. The number of carbonyl (C=O) groups is 1. The lowest BCUT2D eigenvalue weighted by Crippen LogP contribution is -2.39. The quantitative estimate of drug-likeness (QED) is 0.0868. The number of aromatic nitrogens is 1. The number of rotatable bonds is 11. The maximum atomic E-state index is 14.1. The van der Waals surface area contributed by atoms with Gasteiger partial charge in [-0.3, -0.25) is 19.5 Å². The number of thiazole rings is 1. The van der Waals surface area contributed by atoms with Gasteiger partial charge in [0, 0.05) is 22.2 Å². The van der Waals surface area contributed by atoms with Gasteiger partial charge < -0.3 is 14.2 Å². The van der Waals surface area contributed by atoms with Gasteiger partial charge in [0.05, 0.1) is 33.4 Å². The van der Waals surface area contributed by atoms with E-state index in [0.29, 0.717) is 44.3 Å². The summed E-state index contributed by atoms with van der Waals surface area (Å²) in [5, 5.41) is 11.0. The number of hydrogen-bond acceptors (Lipinski definition) is 9. The number of allylic oxidation sites excluding steroid dienone is 1. The Hall–Kier alpha value is -4.81. The number of carbonyl (C=O) groups excluding carboxylic acids is 1. The molecule has 0 spiro atoms. The Labute approximate surface area is 270 Å². The summed E-state index contributed by atoms with van der Waals surface area (Å²) in [4.78, 5) is 42.9. The van der Waals surface area contributed by atoms with E-state index < -0.39 is 16.9 Å². The number of benzene rings is 3. The van der Waals surface area contributed by atoms with Gasteiger partial charge in [0.1, 0.15) is 24.7 Å². The molecule has 0 saturated carbocycles. The van der Waals surface area contributed by atoms with Crippen molar-refractivity contribution >= 4 is 45.0 Å². The number of nitro groups is 1. The van der Waals surface area contributed by atoms with Crippen LogP contribution in [0.5, 0.6) is 11.5 Å². The molecule has 0 saturated heterocycles. The molecule has 0 N–H and O–H groups in total. The van der Waals surface area contributed by atoms with Crippen molar-refractivity contribution in [2.45, 2.75) is 26.5 Å². The summed E-state index contributed by atoms with van der Waals surface area (Å²) in [7, 11) is 0. The van der Waals surface area contributed by atoms with Crippen molar-refractivity contribution in [1.29, 1.82) is 0 Å². The smallest absolute Gasteiger partial charge is 0.338 e. The van der Waals surface area contributed by atoms with Crippen LogP contribution < -0.4 is 24.4 Å². The van der Waals surface area contributed by atoms with Crippen LogP contribution in [0.15, 0.2) is 105 Å². The zero-order valence-corrected chi connectivity index (χ0v) is 26.8. The first kappa shape index (κ1) is 31.6. The van der Waals surface area contributed by atoms with Crippen molar-refractivity contribution in [1.82, 2.24) is 4.57 Å². The molecule has 1 aliphatic heterocycles. The maximum Gasteiger partial charge on any atom is 0.338 e. The van der Waals surface area contributed by atoms with E-state index in [1.807, 2.05) is 24.3 Å². The zero-order chi connectivity index (χ0) is 32.1. The van der Waals surface area contributed by atoms with E-state index in [9.17, 15) is 19.7 Å². The van der Waals surface area contributed by atoms with Crippen LogP contribution in [0.1, 0.15) is 36.6 Å². The summed E-state index contributed by atoms with van der Waals surface area (Å²) < 4.78 is 19.8. The Morgan fingerprint density at radius 1 is 1.13 bits per heavy atom. The van der Waals surface area contributed by atoms with Crippen molar-refractivity contribution in [3.63, 3.8) is 0 Å². The number of hydrogen-bond donors (Lipinski definition) is 0. The fraction of sp³-hybridized carbons (Fsp3) is 0.182. The van der Waals surface area contributed by atoms with E-state index in [1.54, 1.807) is 56.3 Å². The molecular formula is C33H28BrN3O7S. The topological polar surface area (TPSA) is 122 Å². The van der Waals surface area contributed by atoms with Crippen LogP contribution in [0.4, 0.5) is 5.69 Å². The number of ether oxygens (including phenoxy) is 3. The third-order valence-electron chi connectivity index (χ3n) is 6.88. The molecule has 1 aromatic heterocycles. The minimum absolute atomic E-state index is 0.00455. The number of halogens is 1. The molecule has 0 bridgehead atoms. The van der Waals surface area contributed by atoms with Gasteiger partial charge >= 0.3 is 5.97 Å². The van der Waals surface area contributed by atoms with Gasteiger partial charge in [0.2, 0.25) is 0 Å². The van der Waals surface area contributed by atoms with Crippen LogP contribution in [0.3, 0.4) is 0 Å². The second-order valence-corrected chi connectivity index (χ2v) is 11.8. The third-order valence-corrected chi connectivity index (χ3v) is 8.36. The summed E-state index contributed by atoms with van der Waals surface area (Å²) in [6.07, 6.45) is 3.38. The first-order valence-corrected chi connectivity index (χ1v) is 15.5. The molecule has 5 rings (SSSR count). The molecule has 1 atom stereocenters. The van der Waals surface area contributed by atoms with Gasteiger partial charge in [-0.15, -0.1) is 0 Å². The van der Waals surface area contributed by atoms with Gasteiger partial charge in [0.25, 0.3) is 11.2 Å². The Morgan fingerprint density at radius 2 is 1.87 bits per heavy atom. The Bertz CT molecular complexity index is 1980. The lowest BCUT2D eigenvalue weighted by molar-refractivity contribution is -0.384. The van der Waals surface area contributed by atoms with E-state index >= 15 is 0 Å². The van der Waals surface area contributed by atoms with E-state index in [4.69, 9.17) is 14.2 Å². The van der Waals surface area contributed by atoms with Gasteiger partial charge in [-0.1, -0.05) is 52.1 Å². The molecule has 10 nitrogen and oxygen atoms in total. The monoisotopic (exact) mass is 689 g/mol. The van der Waals surface area contributed by atoms with E-state index in [-0.39, 0.29) is 30.0 Å². The average Bonchev–Trinajstić information content (AvgIpc) is 3.33. The predicted molar refractivity (Wildman–Crippen MR) is 174 cm³/mol. The van der Waals surface area contributed by atoms with Crippen LogP contribution in [0.2, 0.25) is 0 Å². The van der Waals surface area contributed by atoms with Crippen LogP contribution in [0, 0.1) is 10.1 Å². The molecule has 2 heterocycles. The normalized spacial score (nSPS) is 14.4. The summed E-state index contributed by atoms with van der Waals surface area (Å²) in [5.41, 5.74) is 2.50. The minimum Gasteiger partial charge on any atom is -0.490 e. The standard InChI is InChI=1S/C33H28BrN3O7S/c1-4-16-43-26-13-8-22(9-14-26)30-29(32(39)42-5-2)20(3)35-33-36(30)31(38)28(45-33)18-23-17-24(34)10-15-27(23)44-19-21-6-11-25(12-7-21)37(40)41/h4,6-15,17-18,30H,1,5,16,19H2,2-3H3/b28-18-/t30-/m0/s1. The molecule has 230 valence electrons. The molecule has 0 unspecified atom stereocenters. The van der Waals surface area contributed by atoms with Crippen molar-refractivity contribution in [2.75, 3.05) is 13.2 Å². The summed E-state index contributed by atoms with van der Waals surface area (Å²) >= 11 is 4.70. The average molecular weight is 691 g/mol. The first-order chi connectivity index (χ1) is 21.7. The Kier molecular flexibility index (Phi) is 9.74. The van der Waals surface area contributed by atoms with Crippen molar-refractivity contribution in [3.8, 4) is 11.5 Å². The number of nitrogens with zero attached hydrogens (tertiary/aromatic N) is 3. The molecule has 1 aliphatic rings. The molecule has 3 aromatic carbocycles. The highest BCUT2D eigenvalue weighted by molar-refractivity contribution is 9.10. The molecule has 4 aromatic rings. The SMILES string of the molecule is C=CCOc1ccc([C@H]2C(C(=O)OCC)=C(C)N=c3s/c(=C\c4cc(Br)ccc4OCc4ccc([N+](=O)[O-])cc4)c(=O)n32)cc1. The van der Waals surface area contributed by atoms with Gasteiger partial charge in [-0.25, -0.2) is 9.79 Å². The summed E-state index contributed by atoms with van der Waals surface area (Å²) in [6, 6.07) is 18.0. The molecule has 0 radical (unpaired) electrons. The van der Waals surface area contributed by atoms with Crippen LogP contribution in [-0.4, -0.2) is 28.7 Å². The van der Waals surface area contributed by atoms with Gasteiger partial charge in [-0.05, 0) is 73.5 Å². The molecule has 0 fully saturated rings. The number of fused-ring (bicyclic) bond motifs is 1. The first-order valence-electron chi connectivity index (χ1n) is 13.9. The largest absolute Gasteiger partial charge is 0.490 e. The van der Waals surface area contributed by atoms with E-state index in [0.717, 1.165) is 10.0 Å². The third kappa shape index (κ3) is 6.97. The minimum atomic E-state index is -0.767. The van der Waals surface area contributed by atoms with Crippen molar-refractivity contribution in [2.24, 2.45) is 4.99 Å². The van der Waals surface area contributed by atoms with Crippen LogP contribution >= 0.6 is 27.3 Å². The highest BCUT2D eigenvalue weighted by atomic mass is 79.9. The second-order valence-electron chi connectivity index (χ2n) is 9.87. The highest BCUT2D eigenvalue weighted by Crippen LogP contribution is 2.32. The van der Waals surface area contributed by atoms with Crippen LogP contribution in [-0.2, 0) is 16.1 Å². The molecule has 12 heteroatoms. The number of esters is 1. The van der Waals surface area contributed by atoms with Crippen LogP contribution in [0.25, 0.3) is 6.08 Å². The summed E-state index contributed by atoms with van der Waals surface area (Å²) in [6.45, 7) is 7.81. The highest BCUT2D eigenvalue weighted by Gasteiger charge is 2.33. The lowest BCUT2D eigenvalue weighted by atomic mass is 9.96. The van der Waals surface area contributed by atoms with Gasteiger partial charge in [-0.2, -0.15) is 0 Å². The number of non-ortho nitro benzene ring substituents is 1. The second kappa shape index (κ2) is 13.9. The summed E-state index contributed by atoms with van der Waals surface area (Å²) in [5.74, 6) is 0.594. The van der Waals surface area contributed by atoms with E-state index in [1.165, 1.54) is 28.0 Å². The molecule has 0 amide bonds. The molecule has 45 heavy (non-hydrogen) atoms. The molecule has 0 aliphatic carbocycles. The fourth-order valence-corrected chi connectivity index (χ4v) is 6.20. The van der Waals surface area contributed by atoms with Crippen molar-refractivity contribution < 1.29 is 23.9 Å².